The van der Waals surface area contributed by atoms with Gasteiger partial charge in [0.05, 0.1) is 17.9 Å². The molecule has 28 heavy (non-hydrogen) atoms. The predicted molar refractivity (Wildman–Crippen MR) is 109 cm³/mol. The van der Waals surface area contributed by atoms with Crippen molar-refractivity contribution in [2.45, 2.75) is 31.6 Å². The largest absolute Gasteiger partial charge is 0.463 e. The third-order valence-corrected chi connectivity index (χ3v) is 5.36. The van der Waals surface area contributed by atoms with Gasteiger partial charge in [0.1, 0.15) is 24.3 Å². The van der Waals surface area contributed by atoms with Crippen molar-refractivity contribution in [2.75, 3.05) is 12.3 Å². The first kappa shape index (κ1) is 19.2. The van der Waals surface area contributed by atoms with Gasteiger partial charge in [-0.2, -0.15) is 4.98 Å². The maximum absolute atomic E-state index is 12.1. The molecular formula is C19H18BrClN4O3. The van der Waals surface area contributed by atoms with Crippen LogP contribution >= 0.6 is 27.5 Å². The van der Waals surface area contributed by atoms with Gasteiger partial charge in [-0.1, -0.05) is 28.1 Å². The highest BCUT2D eigenvalue weighted by Crippen LogP contribution is 2.32. The predicted octanol–water partition coefficient (Wildman–Crippen LogP) is 3.89. The number of fused-ring (bicyclic) bond motifs is 1. The highest BCUT2D eigenvalue weighted by Gasteiger charge is 2.29. The van der Waals surface area contributed by atoms with Crippen LogP contribution in [-0.2, 0) is 20.7 Å². The van der Waals surface area contributed by atoms with Gasteiger partial charge in [-0.3, -0.25) is 4.79 Å². The van der Waals surface area contributed by atoms with Crippen molar-refractivity contribution < 1.29 is 14.3 Å². The number of benzene rings is 1. The second kappa shape index (κ2) is 8.06. The van der Waals surface area contributed by atoms with Gasteiger partial charge in [-0.25, -0.2) is 4.98 Å². The molecule has 0 spiro atoms. The minimum absolute atomic E-state index is 0.0985. The molecule has 1 aromatic carbocycles. The number of rotatable bonds is 5. The van der Waals surface area contributed by atoms with Crippen LogP contribution in [-0.4, -0.2) is 33.2 Å². The van der Waals surface area contributed by atoms with E-state index in [2.05, 4.69) is 25.9 Å². The molecule has 2 aromatic heterocycles. The molecule has 146 valence electrons. The van der Waals surface area contributed by atoms with E-state index in [4.69, 9.17) is 26.8 Å². The number of hydrogen-bond acceptors (Lipinski definition) is 6. The fourth-order valence-corrected chi connectivity index (χ4v) is 3.72. The Labute approximate surface area is 174 Å². The van der Waals surface area contributed by atoms with Crippen LogP contribution in [0.1, 0.15) is 24.6 Å². The lowest BCUT2D eigenvalue weighted by Crippen LogP contribution is -2.20. The average molecular weight is 466 g/mol. The molecule has 1 saturated heterocycles. The normalized spacial score (nSPS) is 19.2. The Morgan fingerprint density at radius 2 is 2.07 bits per heavy atom. The summed E-state index contributed by atoms with van der Waals surface area (Å²) in [5.74, 6) is 0.0678. The number of aromatic nitrogens is 3. The molecule has 2 atom stereocenters. The number of anilines is 1. The van der Waals surface area contributed by atoms with Gasteiger partial charge in [0.25, 0.3) is 0 Å². The maximum atomic E-state index is 12.1. The van der Waals surface area contributed by atoms with Crippen molar-refractivity contribution in [3.05, 3.63) is 51.8 Å². The number of carbonyl (C=O) groups is 1. The van der Waals surface area contributed by atoms with E-state index in [0.717, 1.165) is 28.3 Å². The molecule has 1 fully saturated rings. The number of nitrogens with zero attached hydrogens (tertiary/aromatic N) is 3. The molecule has 3 heterocycles. The van der Waals surface area contributed by atoms with E-state index >= 15 is 0 Å². The molecule has 0 aliphatic carbocycles. The second-order valence-electron chi connectivity index (χ2n) is 6.61. The number of nitrogens with two attached hydrogens (primary N) is 1. The Bertz CT molecular complexity index is 1010. The van der Waals surface area contributed by atoms with Gasteiger partial charge in [0, 0.05) is 10.7 Å². The van der Waals surface area contributed by atoms with E-state index in [-0.39, 0.29) is 36.6 Å². The lowest BCUT2D eigenvalue weighted by atomic mass is 10.1. The first-order valence-electron chi connectivity index (χ1n) is 8.84. The van der Waals surface area contributed by atoms with E-state index in [1.54, 1.807) is 0 Å². The van der Waals surface area contributed by atoms with Crippen LogP contribution in [0.5, 0.6) is 0 Å². The van der Waals surface area contributed by atoms with Crippen molar-refractivity contribution in [1.82, 2.24) is 14.5 Å². The molecule has 4 rings (SSSR count). The molecular weight excluding hydrogens is 448 g/mol. The lowest BCUT2D eigenvalue weighted by molar-refractivity contribution is -0.147. The molecule has 1 aliphatic rings. The summed E-state index contributed by atoms with van der Waals surface area (Å²) in [6.07, 6.45) is 3.28. The van der Waals surface area contributed by atoms with Gasteiger partial charge in [-0.05, 0) is 48.2 Å². The summed E-state index contributed by atoms with van der Waals surface area (Å²) in [6, 6.07) is 9.43. The van der Waals surface area contributed by atoms with E-state index < -0.39 is 0 Å². The molecule has 0 amide bonds. The fourth-order valence-electron chi connectivity index (χ4n) is 3.28. The third kappa shape index (κ3) is 4.14. The SMILES string of the molecule is Nc1nc(Cl)nc2c1ccn2C1CC[C@@H](COC(=O)Cc2ccc(Br)cc2)O1. The van der Waals surface area contributed by atoms with Crippen LogP contribution in [0.3, 0.4) is 0 Å². The highest BCUT2D eigenvalue weighted by molar-refractivity contribution is 9.10. The summed E-state index contributed by atoms with van der Waals surface area (Å²) in [7, 11) is 0. The minimum atomic E-state index is -0.270. The Balaban J connectivity index is 1.34. The smallest absolute Gasteiger partial charge is 0.310 e. The molecule has 1 aliphatic heterocycles. The summed E-state index contributed by atoms with van der Waals surface area (Å²) in [6.45, 7) is 0.225. The Kier molecular flexibility index (Phi) is 5.52. The first-order valence-corrected chi connectivity index (χ1v) is 10.0. The van der Waals surface area contributed by atoms with Crippen LogP contribution in [0.4, 0.5) is 5.82 Å². The topological polar surface area (TPSA) is 92.3 Å². The van der Waals surface area contributed by atoms with E-state index in [1.807, 2.05) is 41.1 Å². The zero-order chi connectivity index (χ0) is 19.7. The number of halogens is 2. The van der Waals surface area contributed by atoms with Crippen LogP contribution in [0.2, 0.25) is 5.28 Å². The number of hydrogen-bond donors (Lipinski definition) is 1. The molecule has 7 nitrogen and oxygen atoms in total. The monoisotopic (exact) mass is 464 g/mol. The van der Waals surface area contributed by atoms with Crippen LogP contribution in [0.15, 0.2) is 41.0 Å². The second-order valence-corrected chi connectivity index (χ2v) is 7.87. The standard InChI is InChI=1S/C19H18BrClN4O3/c20-12-3-1-11(2-4-12)9-16(26)27-10-13-5-6-15(28-13)25-8-7-14-17(22)23-19(21)24-18(14)25/h1-4,7-8,13,15H,5-6,9-10H2,(H2,22,23,24)/t13-,15?/m0/s1. The quantitative estimate of drug-likeness (QED) is 0.454. The van der Waals surface area contributed by atoms with Gasteiger partial charge in [0.2, 0.25) is 5.28 Å². The van der Waals surface area contributed by atoms with Gasteiger partial charge in [0.15, 0.2) is 0 Å². The average Bonchev–Trinajstić information content (AvgIpc) is 3.28. The van der Waals surface area contributed by atoms with Crippen molar-refractivity contribution in [3.63, 3.8) is 0 Å². The molecule has 0 bridgehead atoms. The summed E-state index contributed by atoms with van der Waals surface area (Å²) in [5.41, 5.74) is 7.44. The zero-order valence-corrected chi connectivity index (χ0v) is 17.2. The number of nitrogen functional groups attached to an aromatic ring is 1. The van der Waals surface area contributed by atoms with Crippen molar-refractivity contribution >= 4 is 50.4 Å². The van der Waals surface area contributed by atoms with Crippen LogP contribution in [0.25, 0.3) is 11.0 Å². The van der Waals surface area contributed by atoms with Gasteiger partial charge in [-0.15, -0.1) is 0 Å². The Morgan fingerprint density at radius 3 is 2.86 bits per heavy atom. The number of carbonyl (C=O) groups excluding carboxylic acids is 1. The van der Waals surface area contributed by atoms with Crippen molar-refractivity contribution in [1.29, 1.82) is 0 Å². The van der Waals surface area contributed by atoms with E-state index in [9.17, 15) is 4.79 Å². The molecule has 3 aromatic rings. The molecule has 0 saturated carbocycles. The van der Waals surface area contributed by atoms with Gasteiger partial charge < -0.3 is 19.8 Å². The Hall–Kier alpha value is -2.16. The third-order valence-electron chi connectivity index (χ3n) is 4.66. The number of esters is 1. The molecule has 2 N–H and O–H groups in total. The minimum Gasteiger partial charge on any atom is -0.463 e. The zero-order valence-electron chi connectivity index (χ0n) is 14.8. The molecule has 9 heteroatoms. The van der Waals surface area contributed by atoms with E-state index in [0.29, 0.717) is 11.5 Å². The Morgan fingerprint density at radius 1 is 1.29 bits per heavy atom. The van der Waals surface area contributed by atoms with Crippen molar-refractivity contribution in [3.8, 4) is 0 Å². The van der Waals surface area contributed by atoms with Crippen LogP contribution in [0, 0.1) is 0 Å². The highest BCUT2D eigenvalue weighted by atomic mass is 79.9. The molecule has 1 unspecified atom stereocenters. The summed E-state index contributed by atoms with van der Waals surface area (Å²) >= 11 is 9.31. The fraction of sp³-hybridized carbons (Fsp3) is 0.316. The first-order chi connectivity index (χ1) is 13.5. The summed E-state index contributed by atoms with van der Waals surface area (Å²) in [5, 5.41) is 0.832. The maximum Gasteiger partial charge on any atom is 0.310 e. The summed E-state index contributed by atoms with van der Waals surface area (Å²) < 4.78 is 14.3. The summed E-state index contributed by atoms with van der Waals surface area (Å²) in [4.78, 5) is 20.3. The lowest BCUT2D eigenvalue weighted by Gasteiger charge is -2.16. The van der Waals surface area contributed by atoms with E-state index in [1.165, 1.54) is 0 Å². The van der Waals surface area contributed by atoms with Crippen LogP contribution < -0.4 is 5.73 Å². The number of ether oxygens (including phenoxy) is 2. The molecule has 0 radical (unpaired) electrons. The van der Waals surface area contributed by atoms with Gasteiger partial charge >= 0.3 is 5.97 Å². The van der Waals surface area contributed by atoms with Crippen molar-refractivity contribution in [2.24, 2.45) is 0 Å².